The number of pyridine rings is 1. The van der Waals surface area contributed by atoms with Crippen molar-refractivity contribution in [2.24, 2.45) is 0 Å². The van der Waals surface area contributed by atoms with E-state index in [0.29, 0.717) is 0 Å². The van der Waals surface area contributed by atoms with Gasteiger partial charge in [-0.25, -0.2) is 0 Å². The van der Waals surface area contributed by atoms with E-state index in [1.807, 2.05) is 32.0 Å². The lowest BCUT2D eigenvalue weighted by molar-refractivity contribution is 0.392. The third kappa shape index (κ3) is 2.46. The Morgan fingerprint density at radius 2 is 2.12 bits per heavy atom. The van der Waals surface area contributed by atoms with Gasteiger partial charge in [-0.2, -0.15) is 0 Å². The summed E-state index contributed by atoms with van der Waals surface area (Å²) >= 11 is 0. The number of aryl methyl sites for hydroxylation is 2. The molecule has 0 amide bonds. The summed E-state index contributed by atoms with van der Waals surface area (Å²) in [7, 11) is 0. The van der Waals surface area contributed by atoms with Gasteiger partial charge in [0.2, 0.25) is 0 Å². The molecule has 2 aromatic rings. The van der Waals surface area contributed by atoms with Crippen LogP contribution < -0.4 is 5.32 Å². The molecule has 0 radical (unpaired) electrons. The van der Waals surface area contributed by atoms with Gasteiger partial charge in [0.25, 0.3) is 0 Å². The molecule has 2 aromatic heterocycles. The summed E-state index contributed by atoms with van der Waals surface area (Å²) in [4.78, 5) is 4.24. The molecule has 0 unspecified atom stereocenters. The standard InChI is InChI=1S/C12H15N3O/c1-9-12(10(2)16-15-9)8-13-7-11-5-3-4-6-14-11/h3-6,13H,7-8H2,1-2H3. The van der Waals surface area contributed by atoms with Crippen LogP contribution in [-0.4, -0.2) is 10.1 Å². The van der Waals surface area contributed by atoms with Crippen molar-refractivity contribution < 1.29 is 4.52 Å². The van der Waals surface area contributed by atoms with E-state index >= 15 is 0 Å². The van der Waals surface area contributed by atoms with E-state index in [0.717, 1.165) is 35.8 Å². The molecule has 16 heavy (non-hydrogen) atoms. The first-order valence-electron chi connectivity index (χ1n) is 5.29. The maximum Gasteiger partial charge on any atom is 0.138 e. The fourth-order valence-electron chi connectivity index (χ4n) is 1.57. The second kappa shape index (κ2) is 4.90. The molecule has 0 aliphatic rings. The van der Waals surface area contributed by atoms with E-state index in [-0.39, 0.29) is 0 Å². The predicted molar refractivity (Wildman–Crippen MR) is 60.8 cm³/mol. The van der Waals surface area contributed by atoms with Crippen LogP contribution in [-0.2, 0) is 13.1 Å². The molecule has 0 fully saturated rings. The summed E-state index contributed by atoms with van der Waals surface area (Å²) in [5.74, 6) is 0.881. The Hall–Kier alpha value is -1.68. The molecular formula is C12H15N3O. The van der Waals surface area contributed by atoms with Crippen LogP contribution in [0.4, 0.5) is 0 Å². The van der Waals surface area contributed by atoms with Gasteiger partial charge >= 0.3 is 0 Å². The van der Waals surface area contributed by atoms with Gasteiger partial charge in [0.15, 0.2) is 0 Å². The van der Waals surface area contributed by atoms with Crippen molar-refractivity contribution in [2.45, 2.75) is 26.9 Å². The Morgan fingerprint density at radius 1 is 1.25 bits per heavy atom. The molecular weight excluding hydrogens is 202 g/mol. The van der Waals surface area contributed by atoms with E-state index in [4.69, 9.17) is 4.52 Å². The average molecular weight is 217 g/mol. The van der Waals surface area contributed by atoms with Crippen LogP contribution in [0.5, 0.6) is 0 Å². The summed E-state index contributed by atoms with van der Waals surface area (Å²) in [6.07, 6.45) is 1.80. The number of nitrogens with one attached hydrogen (secondary N) is 1. The van der Waals surface area contributed by atoms with Gasteiger partial charge in [-0.05, 0) is 26.0 Å². The minimum absolute atomic E-state index is 0.755. The maximum atomic E-state index is 5.09. The first kappa shape index (κ1) is 10.8. The number of hydrogen-bond acceptors (Lipinski definition) is 4. The van der Waals surface area contributed by atoms with Crippen molar-refractivity contribution in [2.75, 3.05) is 0 Å². The van der Waals surface area contributed by atoms with Gasteiger partial charge in [0.05, 0.1) is 11.4 Å². The van der Waals surface area contributed by atoms with E-state index in [1.54, 1.807) is 6.20 Å². The van der Waals surface area contributed by atoms with Crippen LogP contribution in [0, 0.1) is 13.8 Å². The highest BCUT2D eigenvalue weighted by molar-refractivity contribution is 5.20. The number of nitrogens with zero attached hydrogens (tertiary/aromatic N) is 2. The van der Waals surface area contributed by atoms with Gasteiger partial charge in [-0.1, -0.05) is 11.2 Å². The largest absolute Gasteiger partial charge is 0.361 e. The van der Waals surface area contributed by atoms with E-state index < -0.39 is 0 Å². The van der Waals surface area contributed by atoms with Crippen LogP contribution in [0.3, 0.4) is 0 Å². The van der Waals surface area contributed by atoms with Crippen LogP contribution in [0.25, 0.3) is 0 Å². The summed E-state index contributed by atoms with van der Waals surface area (Å²) < 4.78 is 5.09. The molecule has 0 saturated carbocycles. The summed E-state index contributed by atoms with van der Waals surface area (Å²) in [6.45, 7) is 5.40. The van der Waals surface area contributed by atoms with Gasteiger partial charge in [-0.15, -0.1) is 0 Å². The summed E-state index contributed by atoms with van der Waals surface area (Å²) in [6, 6.07) is 5.90. The SMILES string of the molecule is Cc1noc(C)c1CNCc1ccccn1. The molecule has 0 aromatic carbocycles. The molecule has 1 N–H and O–H groups in total. The average Bonchev–Trinajstić information content (AvgIpc) is 2.62. The van der Waals surface area contributed by atoms with Crippen molar-refractivity contribution in [1.29, 1.82) is 0 Å². The highest BCUT2D eigenvalue weighted by Gasteiger charge is 2.07. The highest BCUT2D eigenvalue weighted by atomic mass is 16.5. The number of hydrogen-bond donors (Lipinski definition) is 1. The molecule has 0 atom stereocenters. The quantitative estimate of drug-likeness (QED) is 0.850. The minimum Gasteiger partial charge on any atom is -0.361 e. The molecule has 84 valence electrons. The number of aromatic nitrogens is 2. The maximum absolute atomic E-state index is 5.09. The predicted octanol–water partition coefficient (Wildman–Crippen LogP) is 1.98. The van der Waals surface area contributed by atoms with Crippen LogP contribution in [0.1, 0.15) is 22.7 Å². The van der Waals surface area contributed by atoms with E-state index in [2.05, 4.69) is 15.5 Å². The Kier molecular flexibility index (Phi) is 3.31. The summed E-state index contributed by atoms with van der Waals surface area (Å²) in [5.41, 5.74) is 3.12. The van der Waals surface area contributed by atoms with Crippen molar-refractivity contribution in [3.8, 4) is 0 Å². The van der Waals surface area contributed by atoms with Crippen molar-refractivity contribution >= 4 is 0 Å². The lowest BCUT2D eigenvalue weighted by atomic mass is 10.2. The molecule has 0 spiro atoms. The van der Waals surface area contributed by atoms with Crippen LogP contribution >= 0.6 is 0 Å². The van der Waals surface area contributed by atoms with Crippen molar-refractivity contribution in [3.05, 3.63) is 47.1 Å². The topological polar surface area (TPSA) is 51.0 Å². The molecule has 4 heteroatoms. The first-order chi connectivity index (χ1) is 7.77. The lowest BCUT2D eigenvalue weighted by Crippen LogP contribution is -2.14. The lowest BCUT2D eigenvalue weighted by Gasteiger charge is -2.03. The number of rotatable bonds is 4. The molecule has 0 saturated heterocycles. The summed E-state index contributed by atoms with van der Waals surface area (Å²) in [5, 5.41) is 7.23. The van der Waals surface area contributed by atoms with Gasteiger partial charge in [0.1, 0.15) is 5.76 Å². The third-order valence-electron chi connectivity index (χ3n) is 2.52. The molecule has 2 rings (SSSR count). The molecule has 4 nitrogen and oxygen atoms in total. The zero-order chi connectivity index (χ0) is 11.4. The van der Waals surface area contributed by atoms with E-state index in [1.165, 1.54) is 0 Å². The highest BCUT2D eigenvalue weighted by Crippen LogP contribution is 2.11. The normalized spacial score (nSPS) is 10.6. The second-order valence-electron chi connectivity index (χ2n) is 3.73. The Morgan fingerprint density at radius 3 is 2.75 bits per heavy atom. The first-order valence-corrected chi connectivity index (χ1v) is 5.29. The fraction of sp³-hybridized carbons (Fsp3) is 0.333. The van der Waals surface area contributed by atoms with Gasteiger partial charge in [0, 0.05) is 24.8 Å². The van der Waals surface area contributed by atoms with Crippen LogP contribution in [0.2, 0.25) is 0 Å². The Labute approximate surface area is 94.7 Å². The monoisotopic (exact) mass is 217 g/mol. The van der Waals surface area contributed by atoms with Crippen LogP contribution in [0.15, 0.2) is 28.9 Å². The van der Waals surface area contributed by atoms with Crippen molar-refractivity contribution in [1.82, 2.24) is 15.5 Å². The third-order valence-corrected chi connectivity index (χ3v) is 2.52. The fourth-order valence-corrected chi connectivity index (χ4v) is 1.57. The molecule has 0 aliphatic heterocycles. The van der Waals surface area contributed by atoms with Gasteiger partial charge in [-0.3, -0.25) is 4.98 Å². The molecule has 0 bridgehead atoms. The second-order valence-corrected chi connectivity index (χ2v) is 3.73. The van der Waals surface area contributed by atoms with Gasteiger partial charge < -0.3 is 9.84 Å². The zero-order valence-corrected chi connectivity index (χ0v) is 9.53. The minimum atomic E-state index is 0.755. The smallest absolute Gasteiger partial charge is 0.138 e. The Bertz CT molecular complexity index is 431. The molecule has 0 aliphatic carbocycles. The molecule has 2 heterocycles. The van der Waals surface area contributed by atoms with E-state index in [9.17, 15) is 0 Å². The Balaban J connectivity index is 1.89. The van der Waals surface area contributed by atoms with Crippen molar-refractivity contribution in [3.63, 3.8) is 0 Å². The zero-order valence-electron chi connectivity index (χ0n) is 9.53.